The first-order chi connectivity index (χ1) is 18.4. The van der Waals surface area contributed by atoms with Crippen LogP contribution in [0.15, 0.2) is 72.8 Å². The molecule has 0 saturated heterocycles. The number of methoxy groups -OCH3 is 4. The van der Waals surface area contributed by atoms with E-state index in [-0.39, 0.29) is 11.8 Å². The summed E-state index contributed by atoms with van der Waals surface area (Å²) in [7, 11) is 6.28. The maximum Gasteiger partial charge on any atom is 0.244 e. The smallest absolute Gasteiger partial charge is 0.244 e. The molecule has 0 fully saturated rings. The van der Waals surface area contributed by atoms with Crippen LogP contribution >= 0.6 is 0 Å². The van der Waals surface area contributed by atoms with E-state index in [1.807, 2.05) is 36.4 Å². The Morgan fingerprint density at radius 3 is 1.29 bits per heavy atom. The highest BCUT2D eigenvalue weighted by Crippen LogP contribution is 2.28. The van der Waals surface area contributed by atoms with Crippen LogP contribution in [0, 0.1) is 0 Å². The molecule has 38 heavy (non-hydrogen) atoms. The lowest BCUT2D eigenvalue weighted by atomic mass is 10.1. The first-order valence-corrected chi connectivity index (χ1v) is 11.9. The average Bonchev–Trinajstić information content (AvgIpc) is 2.96. The van der Waals surface area contributed by atoms with Gasteiger partial charge in [-0.3, -0.25) is 9.59 Å². The second-order valence-electron chi connectivity index (χ2n) is 8.15. The van der Waals surface area contributed by atoms with Crippen molar-refractivity contribution in [2.75, 3.05) is 28.4 Å². The van der Waals surface area contributed by atoms with E-state index >= 15 is 0 Å². The molecule has 0 atom stereocenters. The minimum Gasteiger partial charge on any atom is -0.493 e. The van der Waals surface area contributed by atoms with Gasteiger partial charge in [0.05, 0.1) is 28.4 Å². The zero-order chi connectivity index (χ0) is 27.3. The van der Waals surface area contributed by atoms with Crippen LogP contribution < -0.4 is 29.6 Å². The molecule has 0 spiro atoms. The van der Waals surface area contributed by atoms with E-state index in [4.69, 9.17) is 18.9 Å². The van der Waals surface area contributed by atoms with Gasteiger partial charge in [0.1, 0.15) is 0 Å². The first-order valence-electron chi connectivity index (χ1n) is 11.9. The van der Waals surface area contributed by atoms with Crippen molar-refractivity contribution < 1.29 is 28.5 Å². The molecule has 0 radical (unpaired) electrons. The molecule has 0 aliphatic carbocycles. The predicted molar refractivity (Wildman–Crippen MR) is 147 cm³/mol. The number of benzene rings is 3. The molecule has 8 heteroatoms. The maximum absolute atomic E-state index is 12.2. The van der Waals surface area contributed by atoms with Crippen LogP contribution in [0.2, 0.25) is 0 Å². The molecule has 3 rings (SSSR count). The SMILES string of the molecule is COc1ccc(C=CC(=O)NCc2ccc(CNC(=O)C=Cc3ccc(OC)c(OC)c3)cc2)cc1OC. The third-order valence-electron chi connectivity index (χ3n) is 5.63. The third kappa shape index (κ3) is 8.16. The number of hydrogen-bond donors (Lipinski definition) is 2. The van der Waals surface area contributed by atoms with Crippen LogP contribution in [0.25, 0.3) is 12.2 Å². The fourth-order valence-electron chi connectivity index (χ4n) is 3.53. The molecule has 3 aromatic rings. The molecule has 0 heterocycles. The molecule has 198 valence electrons. The minimum atomic E-state index is -0.211. The van der Waals surface area contributed by atoms with Gasteiger partial charge in [-0.15, -0.1) is 0 Å². The van der Waals surface area contributed by atoms with Crippen LogP contribution in [-0.4, -0.2) is 40.3 Å². The molecule has 3 aromatic carbocycles. The van der Waals surface area contributed by atoms with Crippen LogP contribution in [-0.2, 0) is 22.7 Å². The van der Waals surface area contributed by atoms with Crippen molar-refractivity contribution in [1.29, 1.82) is 0 Å². The molecule has 0 aliphatic rings. The number of rotatable bonds is 12. The van der Waals surface area contributed by atoms with E-state index in [0.29, 0.717) is 36.1 Å². The van der Waals surface area contributed by atoms with Gasteiger partial charge in [-0.25, -0.2) is 0 Å². The van der Waals surface area contributed by atoms with Gasteiger partial charge in [0, 0.05) is 25.2 Å². The summed E-state index contributed by atoms with van der Waals surface area (Å²) in [5, 5.41) is 5.72. The van der Waals surface area contributed by atoms with Crippen LogP contribution in [0.1, 0.15) is 22.3 Å². The standard InChI is InChI=1S/C30H32N2O6/c1-35-25-13-9-21(17-27(25)37-3)11-15-29(33)31-19-23-5-7-24(8-6-23)20-32-30(34)16-12-22-10-14-26(36-2)28(18-22)38-4/h5-18H,19-20H2,1-4H3,(H,31,33)(H,32,34). The minimum absolute atomic E-state index is 0.211. The summed E-state index contributed by atoms with van der Waals surface area (Å²) in [6, 6.07) is 18.5. The Kier molecular flexibility index (Phi) is 10.4. The molecular formula is C30H32N2O6. The van der Waals surface area contributed by atoms with Crippen LogP contribution in [0.3, 0.4) is 0 Å². The van der Waals surface area contributed by atoms with Crippen molar-refractivity contribution in [2.24, 2.45) is 0 Å². The van der Waals surface area contributed by atoms with Crippen molar-refractivity contribution >= 4 is 24.0 Å². The largest absolute Gasteiger partial charge is 0.493 e. The molecule has 2 amide bonds. The lowest BCUT2D eigenvalue weighted by Gasteiger charge is -2.08. The van der Waals surface area contributed by atoms with Crippen molar-refractivity contribution in [1.82, 2.24) is 10.6 Å². The van der Waals surface area contributed by atoms with Crippen molar-refractivity contribution in [3.8, 4) is 23.0 Å². The van der Waals surface area contributed by atoms with Crippen molar-refractivity contribution in [2.45, 2.75) is 13.1 Å². The highest BCUT2D eigenvalue weighted by Gasteiger charge is 2.05. The summed E-state index contributed by atoms with van der Waals surface area (Å²) in [6.45, 7) is 0.769. The zero-order valence-electron chi connectivity index (χ0n) is 21.9. The van der Waals surface area contributed by atoms with Gasteiger partial charge >= 0.3 is 0 Å². The molecule has 0 aliphatic heterocycles. The number of nitrogens with one attached hydrogen (secondary N) is 2. The Bertz CT molecular complexity index is 1200. The number of carbonyl (C=O) groups is 2. The monoisotopic (exact) mass is 516 g/mol. The predicted octanol–water partition coefficient (Wildman–Crippen LogP) is 4.38. The fraction of sp³-hybridized carbons (Fsp3) is 0.200. The van der Waals surface area contributed by atoms with Gasteiger partial charge < -0.3 is 29.6 Å². The highest BCUT2D eigenvalue weighted by atomic mass is 16.5. The number of hydrogen-bond acceptors (Lipinski definition) is 6. The van der Waals surface area contributed by atoms with Gasteiger partial charge in [-0.05, 0) is 58.7 Å². The molecule has 0 bridgehead atoms. The van der Waals surface area contributed by atoms with E-state index in [1.165, 1.54) is 12.2 Å². The number of ether oxygens (including phenoxy) is 4. The highest BCUT2D eigenvalue weighted by molar-refractivity contribution is 5.92. The molecule has 0 saturated carbocycles. The number of amides is 2. The summed E-state index contributed by atoms with van der Waals surface area (Å²) >= 11 is 0. The molecule has 8 nitrogen and oxygen atoms in total. The Morgan fingerprint density at radius 1 is 0.579 bits per heavy atom. The Hall–Kier alpha value is -4.72. The first kappa shape index (κ1) is 27.9. The van der Waals surface area contributed by atoms with Crippen molar-refractivity contribution in [3.05, 3.63) is 95.1 Å². The lowest BCUT2D eigenvalue weighted by Crippen LogP contribution is -2.21. The van der Waals surface area contributed by atoms with Gasteiger partial charge in [0.25, 0.3) is 0 Å². The second-order valence-corrected chi connectivity index (χ2v) is 8.15. The maximum atomic E-state index is 12.2. The lowest BCUT2D eigenvalue weighted by molar-refractivity contribution is -0.117. The molecule has 0 aromatic heterocycles. The zero-order valence-corrected chi connectivity index (χ0v) is 21.9. The topological polar surface area (TPSA) is 95.1 Å². The van der Waals surface area contributed by atoms with Gasteiger partial charge in [-0.2, -0.15) is 0 Å². The molecule has 2 N–H and O–H groups in total. The summed E-state index contributed by atoms with van der Waals surface area (Å²) in [6.07, 6.45) is 6.37. The average molecular weight is 517 g/mol. The summed E-state index contributed by atoms with van der Waals surface area (Å²) in [5.41, 5.74) is 3.54. The summed E-state index contributed by atoms with van der Waals surface area (Å²) in [5.74, 6) is 2.03. The summed E-state index contributed by atoms with van der Waals surface area (Å²) < 4.78 is 21.0. The fourth-order valence-corrected chi connectivity index (χ4v) is 3.53. The van der Waals surface area contributed by atoms with Crippen molar-refractivity contribution in [3.63, 3.8) is 0 Å². The van der Waals surface area contributed by atoms with E-state index in [2.05, 4.69) is 10.6 Å². The number of carbonyl (C=O) groups excluding carboxylic acids is 2. The Morgan fingerprint density at radius 2 is 0.947 bits per heavy atom. The molecule has 0 unspecified atom stereocenters. The third-order valence-corrected chi connectivity index (χ3v) is 5.63. The van der Waals surface area contributed by atoms with Gasteiger partial charge in [0.2, 0.25) is 11.8 Å². The summed E-state index contributed by atoms with van der Waals surface area (Å²) in [4.78, 5) is 24.4. The van der Waals surface area contributed by atoms with E-state index < -0.39 is 0 Å². The van der Waals surface area contributed by atoms with Gasteiger partial charge in [-0.1, -0.05) is 36.4 Å². The Labute approximate surface area is 222 Å². The van der Waals surface area contributed by atoms with E-state index in [1.54, 1.807) is 64.9 Å². The van der Waals surface area contributed by atoms with Crippen LogP contribution in [0.5, 0.6) is 23.0 Å². The van der Waals surface area contributed by atoms with E-state index in [0.717, 1.165) is 22.3 Å². The Balaban J connectivity index is 1.45. The normalized spacial score (nSPS) is 10.8. The quantitative estimate of drug-likeness (QED) is 0.347. The van der Waals surface area contributed by atoms with E-state index in [9.17, 15) is 9.59 Å². The van der Waals surface area contributed by atoms with Crippen LogP contribution in [0.4, 0.5) is 0 Å². The second kappa shape index (κ2) is 14.1. The molecular weight excluding hydrogens is 484 g/mol. The van der Waals surface area contributed by atoms with Gasteiger partial charge in [0.15, 0.2) is 23.0 Å².